The molecule has 2 heteroatoms. The normalized spacial score (nSPS) is 19.7. The first-order chi connectivity index (χ1) is 11.4. The molecule has 2 nitrogen and oxygen atoms in total. The molecule has 0 aliphatic carbocycles. The van der Waals surface area contributed by atoms with Crippen LogP contribution in [-0.2, 0) is 4.74 Å². The van der Waals surface area contributed by atoms with E-state index in [-0.39, 0.29) is 0 Å². The molecule has 0 unspecified atom stereocenters. The Hall–Kier alpha value is -1.02. The van der Waals surface area contributed by atoms with Gasteiger partial charge in [0.25, 0.3) is 0 Å². The van der Waals surface area contributed by atoms with Crippen LogP contribution in [0.2, 0.25) is 0 Å². The second-order valence-corrected chi connectivity index (χ2v) is 6.81. The number of hydrogen-bond acceptors (Lipinski definition) is 2. The van der Waals surface area contributed by atoms with Crippen LogP contribution >= 0.6 is 0 Å². The van der Waals surface area contributed by atoms with E-state index in [0.717, 1.165) is 5.75 Å². The van der Waals surface area contributed by atoms with Crippen LogP contribution in [0.3, 0.4) is 0 Å². The summed E-state index contributed by atoms with van der Waals surface area (Å²) < 4.78 is 11.4. The molecule has 1 aromatic carbocycles. The molecule has 1 fully saturated rings. The summed E-state index contributed by atoms with van der Waals surface area (Å²) in [5.74, 6) is 0.945. The largest absolute Gasteiger partial charge is 0.491 e. The van der Waals surface area contributed by atoms with Gasteiger partial charge >= 0.3 is 0 Å². The van der Waals surface area contributed by atoms with Gasteiger partial charge in [-0.25, -0.2) is 0 Å². The average molecular weight is 319 g/mol. The van der Waals surface area contributed by atoms with Gasteiger partial charge in [0.05, 0.1) is 6.10 Å². The Morgan fingerprint density at radius 2 is 1.39 bits per heavy atom. The maximum absolute atomic E-state index is 5.73. The van der Waals surface area contributed by atoms with Crippen molar-refractivity contribution < 1.29 is 9.47 Å². The zero-order valence-corrected chi connectivity index (χ0v) is 14.8. The van der Waals surface area contributed by atoms with E-state index in [1.54, 1.807) is 0 Å². The predicted molar refractivity (Wildman–Crippen MR) is 97.1 cm³/mol. The lowest BCUT2D eigenvalue weighted by Gasteiger charge is -2.03. The van der Waals surface area contributed by atoms with Gasteiger partial charge in [-0.1, -0.05) is 89.3 Å². The lowest BCUT2D eigenvalue weighted by molar-refractivity contribution is 0.259. The Morgan fingerprint density at radius 1 is 0.783 bits per heavy atom. The zero-order chi connectivity index (χ0) is 16.2. The minimum absolute atomic E-state index is 0.328. The summed E-state index contributed by atoms with van der Waals surface area (Å²) in [7, 11) is 0. The van der Waals surface area contributed by atoms with Crippen molar-refractivity contribution in [1.29, 1.82) is 0 Å². The standard InChI is InChI=1S/C21H34O2/c1-2-3-4-5-6-7-8-9-10-14-17-20-21(23-20)18-22-19-15-12-11-13-16-19/h11-13,15-16,20-21H,2-10,14,17-18H2,1H3/t20-,21+/m0/s1. The molecule has 0 saturated carbocycles. The second-order valence-electron chi connectivity index (χ2n) is 6.81. The minimum Gasteiger partial charge on any atom is -0.491 e. The molecule has 1 heterocycles. The van der Waals surface area contributed by atoms with E-state index in [0.29, 0.717) is 18.8 Å². The third kappa shape index (κ3) is 8.41. The van der Waals surface area contributed by atoms with Gasteiger partial charge in [0.2, 0.25) is 0 Å². The first kappa shape index (κ1) is 18.3. The summed E-state index contributed by atoms with van der Waals surface area (Å²) in [4.78, 5) is 0. The molecule has 2 rings (SSSR count). The summed E-state index contributed by atoms with van der Waals surface area (Å²) in [6.45, 7) is 2.98. The molecule has 1 aromatic rings. The third-order valence-corrected chi connectivity index (χ3v) is 4.69. The van der Waals surface area contributed by atoms with E-state index >= 15 is 0 Å². The monoisotopic (exact) mass is 318 g/mol. The van der Waals surface area contributed by atoms with Gasteiger partial charge < -0.3 is 9.47 Å². The van der Waals surface area contributed by atoms with E-state index in [4.69, 9.17) is 9.47 Å². The van der Waals surface area contributed by atoms with E-state index in [9.17, 15) is 0 Å². The highest BCUT2D eigenvalue weighted by atomic mass is 16.6. The summed E-state index contributed by atoms with van der Waals surface area (Å²) in [6.07, 6.45) is 16.0. The van der Waals surface area contributed by atoms with Gasteiger partial charge in [-0.15, -0.1) is 0 Å². The molecule has 0 radical (unpaired) electrons. The Kier molecular flexibility index (Phi) is 9.16. The van der Waals surface area contributed by atoms with Crippen LogP contribution in [0, 0.1) is 0 Å². The summed E-state index contributed by atoms with van der Waals surface area (Å²) >= 11 is 0. The van der Waals surface area contributed by atoms with E-state index in [1.807, 2.05) is 30.3 Å². The van der Waals surface area contributed by atoms with Gasteiger partial charge in [0.15, 0.2) is 0 Å². The van der Waals surface area contributed by atoms with Crippen LogP contribution < -0.4 is 4.74 Å². The number of para-hydroxylation sites is 1. The highest BCUT2D eigenvalue weighted by molar-refractivity contribution is 5.21. The highest BCUT2D eigenvalue weighted by Crippen LogP contribution is 2.28. The molecule has 0 aromatic heterocycles. The predicted octanol–water partition coefficient (Wildman–Crippen LogP) is 6.14. The number of unbranched alkanes of at least 4 members (excludes halogenated alkanes) is 9. The highest BCUT2D eigenvalue weighted by Gasteiger charge is 2.38. The van der Waals surface area contributed by atoms with Crippen molar-refractivity contribution in [1.82, 2.24) is 0 Å². The molecule has 1 aliphatic rings. The number of hydrogen-bond donors (Lipinski definition) is 0. The van der Waals surface area contributed by atoms with Crippen LogP contribution in [0.25, 0.3) is 0 Å². The van der Waals surface area contributed by atoms with Crippen molar-refractivity contribution in [2.75, 3.05) is 6.61 Å². The Morgan fingerprint density at radius 3 is 2.04 bits per heavy atom. The molecule has 130 valence electrons. The number of ether oxygens (including phenoxy) is 2. The molecule has 0 N–H and O–H groups in total. The zero-order valence-electron chi connectivity index (χ0n) is 14.8. The van der Waals surface area contributed by atoms with Crippen LogP contribution in [0.5, 0.6) is 5.75 Å². The van der Waals surface area contributed by atoms with Crippen molar-refractivity contribution in [3.63, 3.8) is 0 Å². The van der Waals surface area contributed by atoms with Crippen molar-refractivity contribution in [3.05, 3.63) is 30.3 Å². The van der Waals surface area contributed by atoms with Gasteiger partial charge in [-0.2, -0.15) is 0 Å². The van der Waals surface area contributed by atoms with Gasteiger partial charge in [0.1, 0.15) is 18.5 Å². The van der Waals surface area contributed by atoms with Crippen LogP contribution in [0.15, 0.2) is 30.3 Å². The molecule has 0 bridgehead atoms. The lowest BCUT2D eigenvalue weighted by atomic mass is 10.0. The molecule has 0 spiro atoms. The summed E-state index contributed by atoms with van der Waals surface area (Å²) in [5.41, 5.74) is 0. The molecule has 0 amide bonds. The van der Waals surface area contributed by atoms with Crippen LogP contribution in [0.4, 0.5) is 0 Å². The van der Waals surface area contributed by atoms with Gasteiger partial charge in [-0.05, 0) is 18.6 Å². The topological polar surface area (TPSA) is 21.8 Å². The van der Waals surface area contributed by atoms with Gasteiger partial charge in [0, 0.05) is 0 Å². The van der Waals surface area contributed by atoms with E-state index in [2.05, 4.69) is 6.92 Å². The van der Waals surface area contributed by atoms with Crippen LogP contribution in [0.1, 0.15) is 77.6 Å². The maximum Gasteiger partial charge on any atom is 0.119 e. The Balaban J connectivity index is 1.35. The fraction of sp³-hybridized carbons (Fsp3) is 0.714. The smallest absolute Gasteiger partial charge is 0.119 e. The molecule has 1 saturated heterocycles. The number of benzene rings is 1. The molecule has 1 aliphatic heterocycles. The average Bonchev–Trinajstić information content (AvgIpc) is 3.34. The SMILES string of the molecule is CCCCCCCCCCCC[C@@H]1O[C@@H]1COc1ccccc1. The van der Waals surface area contributed by atoms with E-state index in [1.165, 1.54) is 70.6 Å². The molecule has 23 heavy (non-hydrogen) atoms. The molecular formula is C21H34O2. The summed E-state index contributed by atoms with van der Waals surface area (Å²) in [6, 6.07) is 10.0. The van der Waals surface area contributed by atoms with Gasteiger partial charge in [-0.3, -0.25) is 0 Å². The quantitative estimate of drug-likeness (QED) is 0.303. The number of rotatable bonds is 14. The lowest BCUT2D eigenvalue weighted by Crippen LogP contribution is -2.07. The fourth-order valence-electron chi connectivity index (χ4n) is 3.11. The van der Waals surface area contributed by atoms with Crippen molar-refractivity contribution in [2.24, 2.45) is 0 Å². The fourth-order valence-corrected chi connectivity index (χ4v) is 3.11. The Bertz CT molecular complexity index is 390. The van der Waals surface area contributed by atoms with Crippen molar-refractivity contribution in [3.8, 4) is 5.75 Å². The summed E-state index contributed by atoms with van der Waals surface area (Å²) in [5, 5.41) is 0. The maximum atomic E-state index is 5.73. The van der Waals surface area contributed by atoms with Crippen molar-refractivity contribution >= 4 is 0 Å². The minimum atomic E-state index is 0.328. The third-order valence-electron chi connectivity index (χ3n) is 4.69. The first-order valence-electron chi connectivity index (χ1n) is 9.73. The van der Waals surface area contributed by atoms with Crippen molar-refractivity contribution in [2.45, 2.75) is 89.8 Å². The number of epoxide rings is 1. The van der Waals surface area contributed by atoms with E-state index < -0.39 is 0 Å². The Labute approximate surface area is 142 Å². The first-order valence-corrected chi connectivity index (χ1v) is 9.73. The second kappa shape index (κ2) is 11.5. The molecular weight excluding hydrogens is 284 g/mol. The molecule has 2 atom stereocenters. The van der Waals surface area contributed by atoms with Crippen LogP contribution in [-0.4, -0.2) is 18.8 Å².